The zero-order valence-electron chi connectivity index (χ0n) is 13.3. The third-order valence-electron chi connectivity index (χ3n) is 4.31. The summed E-state index contributed by atoms with van der Waals surface area (Å²) in [5.41, 5.74) is 3.44. The number of carbonyl (C=O) groups is 1. The smallest absolute Gasteiger partial charge is 0.258 e. The fraction of sp³-hybridized carbons (Fsp3) is 0.222. The van der Waals surface area contributed by atoms with Crippen molar-refractivity contribution in [3.05, 3.63) is 56.5 Å². The van der Waals surface area contributed by atoms with Crippen molar-refractivity contribution in [2.24, 2.45) is 0 Å². The zero-order valence-corrected chi connectivity index (χ0v) is 15.6. The topological polar surface area (TPSA) is 46.9 Å². The van der Waals surface area contributed by atoms with Gasteiger partial charge >= 0.3 is 0 Å². The highest BCUT2D eigenvalue weighted by Crippen LogP contribution is 2.32. The Bertz CT molecular complexity index is 930. The highest BCUT2D eigenvalue weighted by atomic mass is 35.5. The Balaban J connectivity index is 1.53. The number of nitrogens with zero attached hydrogens (tertiary/aromatic N) is 2. The third-order valence-corrected chi connectivity index (χ3v) is 5.79. The SMILES string of the molecule is O=C(Nc1ccc(-c2ncc3n2CCCC3)cc1)c1cc(Cl)sc1Cl. The van der Waals surface area contributed by atoms with E-state index in [1.807, 2.05) is 30.5 Å². The maximum absolute atomic E-state index is 12.3. The molecule has 1 amide bonds. The van der Waals surface area contributed by atoms with Gasteiger partial charge in [-0.05, 0) is 49.6 Å². The van der Waals surface area contributed by atoms with E-state index in [1.54, 1.807) is 6.07 Å². The van der Waals surface area contributed by atoms with Gasteiger partial charge in [0, 0.05) is 29.7 Å². The van der Waals surface area contributed by atoms with Crippen LogP contribution in [0.15, 0.2) is 36.5 Å². The van der Waals surface area contributed by atoms with Crippen molar-refractivity contribution >= 4 is 46.1 Å². The monoisotopic (exact) mass is 391 g/mol. The molecule has 1 aliphatic rings. The molecule has 0 spiro atoms. The Hall–Kier alpha value is -1.82. The molecule has 25 heavy (non-hydrogen) atoms. The molecule has 0 fully saturated rings. The lowest BCUT2D eigenvalue weighted by molar-refractivity contribution is 0.102. The molecule has 1 aliphatic heterocycles. The van der Waals surface area contributed by atoms with Crippen molar-refractivity contribution in [2.75, 3.05) is 5.32 Å². The van der Waals surface area contributed by atoms with Crippen LogP contribution in [0.4, 0.5) is 5.69 Å². The van der Waals surface area contributed by atoms with Gasteiger partial charge in [0.15, 0.2) is 0 Å². The number of fused-ring (bicyclic) bond motifs is 1. The van der Waals surface area contributed by atoms with Gasteiger partial charge in [-0.3, -0.25) is 4.79 Å². The summed E-state index contributed by atoms with van der Waals surface area (Å²) in [7, 11) is 0. The third kappa shape index (κ3) is 3.32. The van der Waals surface area contributed by atoms with Crippen LogP contribution < -0.4 is 5.32 Å². The van der Waals surface area contributed by atoms with E-state index in [2.05, 4.69) is 14.9 Å². The van der Waals surface area contributed by atoms with Gasteiger partial charge in [-0.1, -0.05) is 23.2 Å². The van der Waals surface area contributed by atoms with Crippen molar-refractivity contribution in [1.29, 1.82) is 0 Å². The van der Waals surface area contributed by atoms with Crippen LogP contribution in [0.2, 0.25) is 8.67 Å². The highest BCUT2D eigenvalue weighted by Gasteiger charge is 2.16. The number of hydrogen-bond donors (Lipinski definition) is 1. The van der Waals surface area contributed by atoms with E-state index < -0.39 is 0 Å². The summed E-state index contributed by atoms with van der Waals surface area (Å²) in [6.45, 7) is 1.01. The lowest BCUT2D eigenvalue weighted by atomic mass is 10.1. The lowest BCUT2D eigenvalue weighted by Gasteiger charge is -2.16. The summed E-state index contributed by atoms with van der Waals surface area (Å²) >= 11 is 13.1. The second kappa shape index (κ2) is 6.83. The molecule has 7 heteroatoms. The molecule has 0 bridgehead atoms. The highest BCUT2D eigenvalue weighted by molar-refractivity contribution is 7.20. The largest absolute Gasteiger partial charge is 0.328 e. The van der Waals surface area contributed by atoms with Gasteiger partial charge < -0.3 is 9.88 Å². The molecular formula is C18H15Cl2N3OS. The number of imidazole rings is 1. The Morgan fingerprint density at radius 2 is 2.00 bits per heavy atom. The Morgan fingerprint density at radius 1 is 1.20 bits per heavy atom. The molecule has 128 valence electrons. The number of hydrogen-bond acceptors (Lipinski definition) is 3. The van der Waals surface area contributed by atoms with Gasteiger partial charge in [-0.25, -0.2) is 4.98 Å². The first kappa shape index (κ1) is 16.6. The quantitative estimate of drug-likeness (QED) is 0.639. The molecule has 0 atom stereocenters. The number of nitrogens with one attached hydrogen (secondary N) is 1. The molecule has 0 unspecified atom stereocenters. The van der Waals surface area contributed by atoms with Crippen LogP contribution >= 0.6 is 34.5 Å². The van der Waals surface area contributed by atoms with E-state index >= 15 is 0 Å². The van der Waals surface area contributed by atoms with E-state index in [-0.39, 0.29) is 5.91 Å². The van der Waals surface area contributed by atoms with E-state index in [0.29, 0.717) is 19.9 Å². The second-order valence-corrected chi connectivity index (χ2v) is 8.24. The first-order chi connectivity index (χ1) is 12.1. The molecule has 0 radical (unpaired) electrons. The molecule has 1 aromatic carbocycles. The molecular weight excluding hydrogens is 377 g/mol. The van der Waals surface area contributed by atoms with E-state index in [0.717, 1.165) is 24.4 Å². The maximum Gasteiger partial charge on any atom is 0.258 e. The predicted octanol–water partition coefficient (Wildman–Crippen LogP) is 5.51. The number of amides is 1. The molecule has 4 nitrogen and oxygen atoms in total. The summed E-state index contributed by atoms with van der Waals surface area (Å²) in [4.78, 5) is 16.9. The van der Waals surface area contributed by atoms with Gasteiger partial charge in [-0.2, -0.15) is 0 Å². The van der Waals surface area contributed by atoms with Crippen molar-refractivity contribution in [2.45, 2.75) is 25.8 Å². The van der Waals surface area contributed by atoms with Crippen LogP contribution in [-0.4, -0.2) is 15.5 Å². The van der Waals surface area contributed by atoms with Crippen molar-refractivity contribution < 1.29 is 4.79 Å². The van der Waals surface area contributed by atoms with E-state index in [4.69, 9.17) is 23.2 Å². The van der Waals surface area contributed by atoms with Gasteiger partial charge in [-0.15, -0.1) is 11.3 Å². The average Bonchev–Trinajstić information content (AvgIpc) is 3.18. The van der Waals surface area contributed by atoms with E-state index in [1.165, 1.54) is 29.9 Å². The number of rotatable bonds is 3. The number of anilines is 1. The molecule has 0 saturated carbocycles. The fourth-order valence-corrected chi connectivity index (χ4v) is 4.52. The second-order valence-electron chi connectivity index (χ2n) is 5.95. The summed E-state index contributed by atoms with van der Waals surface area (Å²) < 4.78 is 3.17. The van der Waals surface area contributed by atoms with Gasteiger partial charge in [0.25, 0.3) is 5.91 Å². The normalized spacial score (nSPS) is 13.5. The number of carbonyl (C=O) groups excluding carboxylic acids is 1. The predicted molar refractivity (Wildman–Crippen MR) is 103 cm³/mol. The van der Waals surface area contributed by atoms with E-state index in [9.17, 15) is 4.79 Å². The minimum absolute atomic E-state index is 0.265. The van der Waals surface area contributed by atoms with Crippen LogP contribution in [0.3, 0.4) is 0 Å². The first-order valence-electron chi connectivity index (χ1n) is 8.03. The van der Waals surface area contributed by atoms with Crippen molar-refractivity contribution in [1.82, 2.24) is 9.55 Å². The van der Waals surface area contributed by atoms with Crippen molar-refractivity contribution in [3.8, 4) is 11.4 Å². The fourth-order valence-electron chi connectivity index (χ4n) is 3.06. The van der Waals surface area contributed by atoms with Crippen LogP contribution in [0.5, 0.6) is 0 Å². The molecule has 3 heterocycles. The van der Waals surface area contributed by atoms with Gasteiger partial charge in [0.2, 0.25) is 0 Å². The molecule has 0 aliphatic carbocycles. The number of thiophene rings is 1. The first-order valence-corrected chi connectivity index (χ1v) is 9.60. The zero-order chi connectivity index (χ0) is 17.4. The maximum atomic E-state index is 12.3. The lowest BCUT2D eigenvalue weighted by Crippen LogP contribution is -2.12. The molecule has 0 saturated heterocycles. The number of halogens is 2. The number of aryl methyl sites for hydroxylation is 1. The Morgan fingerprint density at radius 3 is 2.72 bits per heavy atom. The van der Waals surface area contributed by atoms with Gasteiger partial charge in [0.05, 0.1) is 9.90 Å². The standard InChI is InChI=1S/C18H15Cl2N3OS/c19-15-9-14(16(20)25-15)18(24)22-12-6-4-11(5-7-12)17-21-10-13-3-1-2-8-23(13)17/h4-7,9-10H,1-3,8H2,(H,22,24). The summed E-state index contributed by atoms with van der Waals surface area (Å²) in [6.07, 6.45) is 5.47. The average molecular weight is 392 g/mol. The van der Waals surface area contributed by atoms with Crippen LogP contribution in [0.25, 0.3) is 11.4 Å². The van der Waals surface area contributed by atoms with Crippen molar-refractivity contribution in [3.63, 3.8) is 0 Å². The van der Waals surface area contributed by atoms with Gasteiger partial charge in [0.1, 0.15) is 10.2 Å². The summed E-state index contributed by atoms with van der Waals surface area (Å²) in [5, 5.41) is 2.84. The minimum Gasteiger partial charge on any atom is -0.328 e. The molecule has 1 N–H and O–H groups in total. The summed E-state index contributed by atoms with van der Waals surface area (Å²) in [5.74, 6) is 0.722. The molecule has 2 aromatic heterocycles. The van der Waals surface area contributed by atoms with Crippen LogP contribution in [0.1, 0.15) is 28.9 Å². The molecule has 4 rings (SSSR count). The Kier molecular flexibility index (Phi) is 4.54. The minimum atomic E-state index is -0.265. The number of benzene rings is 1. The number of aromatic nitrogens is 2. The summed E-state index contributed by atoms with van der Waals surface area (Å²) in [6, 6.07) is 9.28. The Labute approximate surface area is 159 Å². The van der Waals surface area contributed by atoms with Crippen LogP contribution in [-0.2, 0) is 13.0 Å². The molecule has 3 aromatic rings. The van der Waals surface area contributed by atoms with Crippen LogP contribution in [0, 0.1) is 0 Å².